The van der Waals surface area contributed by atoms with Gasteiger partial charge in [0.1, 0.15) is 23.7 Å². The monoisotopic (exact) mass is 784 g/mol. The number of carbonyl (C=O) groups is 4. The summed E-state index contributed by atoms with van der Waals surface area (Å²) in [5.74, 6) is 0.741. The third-order valence-corrected chi connectivity index (χ3v) is 11.5. The van der Waals surface area contributed by atoms with Gasteiger partial charge in [0.25, 0.3) is 0 Å². The number of hydrogen-bond donors (Lipinski definition) is 4. The van der Waals surface area contributed by atoms with Crippen molar-refractivity contribution in [1.82, 2.24) is 40.0 Å². The van der Waals surface area contributed by atoms with Crippen molar-refractivity contribution in [3.63, 3.8) is 0 Å². The molecule has 4 amide bonds. The molecule has 4 heterocycles. The minimum absolute atomic E-state index is 0.256. The number of rotatable bonds is 13. The Balaban J connectivity index is 1.13. The second-order valence-corrected chi connectivity index (χ2v) is 14.9. The van der Waals surface area contributed by atoms with E-state index in [9.17, 15) is 24.3 Å². The number of methoxy groups -OCH3 is 3. The van der Waals surface area contributed by atoms with Crippen LogP contribution in [-0.2, 0) is 29.3 Å². The summed E-state index contributed by atoms with van der Waals surface area (Å²) >= 11 is 0. The number of likely N-dealkylation sites (tertiary alicyclic amines) is 2. The number of nitrogens with zero attached hydrogens (tertiary/aromatic N) is 5. The zero-order valence-corrected chi connectivity index (χ0v) is 33.4. The lowest BCUT2D eigenvalue weighted by atomic mass is 9.96. The van der Waals surface area contributed by atoms with Crippen molar-refractivity contribution in [3.8, 4) is 33.6 Å². The lowest BCUT2D eigenvalue weighted by molar-refractivity contribution is -0.144. The van der Waals surface area contributed by atoms with E-state index in [1.807, 2.05) is 55.5 Å². The first kappa shape index (κ1) is 40.9. The molecule has 2 saturated heterocycles. The number of aromatic nitrogens is 4. The topological polar surface area (TPSA) is 195 Å². The zero-order chi connectivity index (χ0) is 41.0. The molecule has 0 spiro atoms. The second kappa shape index (κ2) is 17.2. The summed E-state index contributed by atoms with van der Waals surface area (Å²) < 4.78 is 15.5. The van der Waals surface area contributed by atoms with Gasteiger partial charge in [0.15, 0.2) is 0 Å². The zero-order valence-electron chi connectivity index (χ0n) is 33.4. The lowest BCUT2D eigenvalue weighted by Gasteiger charge is -2.39. The highest BCUT2D eigenvalue weighted by Crippen LogP contribution is 2.39. The maximum Gasteiger partial charge on any atom is 0.407 e. The van der Waals surface area contributed by atoms with Gasteiger partial charge in [0, 0.05) is 34.4 Å². The van der Waals surface area contributed by atoms with Gasteiger partial charge >= 0.3 is 12.2 Å². The largest absolute Gasteiger partial charge is 0.465 e. The van der Waals surface area contributed by atoms with Crippen LogP contribution in [0.2, 0.25) is 0 Å². The first-order chi connectivity index (χ1) is 27.3. The summed E-state index contributed by atoms with van der Waals surface area (Å²) in [7, 11) is 5.60. The van der Waals surface area contributed by atoms with Crippen LogP contribution in [0, 0.1) is 0 Å². The minimum atomic E-state index is -1.20. The van der Waals surface area contributed by atoms with Crippen LogP contribution in [0.15, 0.2) is 60.9 Å². The average Bonchev–Trinajstić information content (AvgIpc) is 4.06. The first-order valence-electron chi connectivity index (χ1n) is 19.1. The van der Waals surface area contributed by atoms with Gasteiger partial charge < -0.3 is 44.4 Å². The van der Waals surface area contributed by atoms with Crippen LogP contribution in [0.1, 0.15) is 64.1 Å². The molecule has 2 fully saturated rings. The van der Waals surface area contributed by atoms with Crippen molar-refractivity contribution in [3.05, 3.63) is 72.6 Å². The molecular formula is C41H52N8O8. The SMILES string of the molecule is COC(=O)N[C@H](C(=O)N1CCC[C@H]1c1ncc(-c2ccc(-c3ccc(-c4cnc([C@]5(C)CCCN5C(=O)[C@H]([C@@H](C)OC)N(C)C(=O)O)[nH]4)cc3)cc2)[nH]1)C(C)OC. The van der Waals surface area contributed by atoms with Crippen LogP contribution in [0.3, 0.4) is 0 Å². The molecule has 57 heavy (non-hydrogen) atoms. The number of ether oxygens (including phenoxy) is 3. The molecule has 304 valence electrons. The van der Waals surface area contributed by atoms with Crippen molar-refractivity contribution in [2.75, 3.05) is 41.5 Å². The maximum atomic E-state index is 13.9. The Bertz CT molecular complexity index is 2050. The highest BCUT2D eigenvalue weighted by molar-refractivity contribution is 5.87. The molecule has 0 bridgehead atoms. The molecule has 2 aliphatic heterocycles. The van der Waals surface area contributed by atoms with E-state index in [1.165, 1.54) is 28.4 Å². The van der Waals surface area contributed by atoms with Crippen molar-refractivity contribution >= 4 is 24.0 Å². The van der Waals surface area contributed by atoms with Gasteiger partial charge in [0.05, 0.1) is 54.7 Å². The van der Waals surface area contributed by atoms with E-state index >= 15 is 0 Å². The normalized spacial score (nSPS) is 20.2. The molecule has 6 atom stereocenters. The number of H-pyrrole nitrogens is 2. The minimum Gasteiger partial charge on any atom is -0.465 e. The number of aromatic amines is 2. The molecule has 2 aromatic carbocycles. The van der Waals surface area contributed by atoms with E-state index in [4.69, 9.17) is 19.2 Å². The Hall–Kier alpha value is -5.74. The Morgan fingerprint density at radius 1 is 0.842 bits per heavy atom. The molecular weight excluding hydrogens is 732 g/mol. The molecule has 0 saturated carbocycles. The predicted octanol–water partition coefficient (Wildman–Crippen LogP) is 5.41. The van der Waals surface area contributed by atoms with Crippen LogP contribution in [0.5, 0.6) is 0 Å². The van der Waals surface area contributed by atoms with Crippen LogP contribution in [0.4, 0.5) is 9.59 Å². The first-order valence-corrected chi connectivity index (χ1v) is 19.1. The standard InChI is InChI=1S/C41H52N8O8/c1-24(55-5)33(46-39(52)57-7)36(50)48-20-8-10-32(48)35-42-22-30(44-35)28-15-11-26(12-16-28)27-13-17-29(18-14-27)31-23-43-38(45-31)41(3)19-9-21-49(41)37(51)34(25(2)56-6)47(4)40(53)54/h11-18,22-25,32-34H,8-10,19-21H2,1-7H3,(H,42,44)(H,43,45)(H,46,52)(H,53,54)/t24?,25-,32+,33+,34+,41+/m1/s1. The van der Waals surface area contributed by atoms with Gasteiger partial charge in [-0.25, -0.2) is 19.6 Å². The van der Waals surface area contributed by atoms with Crippen LogP contribution in [-0.4, -0.2) is 130 Å². The molecule has 4 aromatic rings. The molecule has 0 aliphatic carbocycles. The third-order valence-electron chi connectivity index (χ3n) is 11.5. The number of alkyl carbamates (subject to hydrolysis) is 1. The van der Waals surface area contributed by atoms with Crippen LogP contribution >= 0.6 is 0 Å². The second-order valence-electron chi connectivity index (χ2n) is 14.9. The van der Waals surface area contributed by atoms with Gasteiger partial charge in [-0.15, -0.1) is 0 Å². The smallest absolute Gasteiger partial charge is 0.407 e. The van der Waals surface area contributed by atoms with Crippen molar-refractivity contribution in [1.29, 1.82) is 0 Å². The molecule has 6 rings (SSSR count). The highest BCUT2D eigenvalue weighted by Gasteiger charge is 2.47. The lowest BCUT2D eigenvalue weighted by Crippen LogP contribution is -2.57. The van der Waals surface area contributed by atoms with E-state index in [0.717, 1.165) is 57.8 Å². The Morgan fingerprint density at radius 3 is 2.00 bits per heavy atom. The number of likely N-dealkylation sites (N-methyl/N-ethyl adjacent to an activating group) is 1. The van der Waals surface area contributed by atoms with Gasteiger partial charge in [-0.05, 0) is 68.7 Å². The molecule has 4 N–H and O–H groups in total. The average molecular weight is 785 g/mol. The Kier molecular flexibility index (Phi) is 12.3. The highest BCUT2D eigenvalue weighted by atomic mass is 16.5. The fraction of sp³-hybridized carbons (Fsp3) is 0.463. The van der Waals surface area contributed by atoms with Gasteiger partial charge in [-0.3, -0.25) is 14.5 Å². The number of amides is 4. The van der Waals surface area contributed by atoms with E-state index in [1.54, 1.807) is 36.0 Å². The summed E-state index contributed by atoms with van der Waals surface area (Å²) in [6.07, 6.45) is 3.40. The molecule has 1 unspecified atom stereocenters. The summed E-state index contributed by atoms with van der Waals surface area (Å²) in [6.45, 7) is 6.40. The Labute approximate surface area is 331 Å². The summed E-state index contributed by atoms with van der Waals surface area (Å²) in [5.41, 5.74) is 4.80. The van der Waals surface area contributed by atoms with Crippen LogP contribution < -0.4 is 5.32 Å². The van der Waals surface area contributed by atoms with Crippen LogP contribution in [0.25, 0.3) is 33.6 Å². The number of hydrogen-bond acceptors (Lipinski definition) is 9. The predicted molar refractivity (Wildman–Crippen MR) is 211 cm³/mol. The van der Waals surface area contributed by atoms with Gasteiger partial charge in [0.2, 0.25) is 11.8 Å². The molecule has 2 aromatic heterocycles. The number of nitrogens with one attached hydrogen (secondary N) is 3. The molecule has 16 heteroatoms. The van der Waals surface area contributed by atoms with Crippen molar-refractivity contribution in [2.45, 2.75) is 82.3 Å². The number of benzene rings is 2. The number of imidazole rings is 2. The van der Waals surface area contributed by atoms with E-state index < -0.39 is 42.0 Å². The summed E-state index contributed by atoms with van der Waals surface area (Å²) in [5, 5.41) is 12.3. The Morgan fingerprint density at radius 2 is 1.42 bits per heavy atom. The summed E-state index contributed by atoms with van der Waals surface area (Å²) in [4.78, 5) is 72.0. The maximum absolute atomic E-state index is 13.9. The quantitative estimate of drug-likeness (QED) is 0.136. The fourth-order valence-electron chi connectivity index (χ4n) is 7.93. The molecule has 16 nitrogen and oxygen atoms in total. The number of carboxylic acid groups (broad SMARTS) is 1. The van der Waals surface area contributed by atoms with Gasteiger partial charge in [-0.1, -0.05) is 48.5 Å². The summed E-state index contributed by atoms with van der Waals surface area (Å²) in [6, 6.07) is 14.1. The van der Waals surface area contributed by atoms with E-state index in [-0.39, 0.29) is 17.9 Å². The fourth-order valence-corrected chi connectivity index (χ4v) is 7.93. The molecule has 0 radical (unpaired) electrons. The van der Waals surface area contributed by atoms with E-state index in [2.05, 4.69) is 20.3 Å². The van der Waals surface area contributed by atoms with Crippen molar-refractivity contribution < 1.29 is 38.5 Å². The van der Waals surface area contributed by atoms with Gasteiger partial charge in [-0.2, -0.15) is 0 Å². The van der Waals surface area contributed by atoms with Crippen molar-refractivity contribution in [2.24, 2.45) is 0 Å². The van der Waals surface area contributed by atoms with E-state index in [0.29, 0.717) is 31.2 Å². The molecule has 2 aliphatic rings. The third kappa shape index (κ3) is 8.23. The number of carbonyl (C=O) groups excluding carboxylic acids is 3.